The molecule has 0 spiro atoms. The number of urea groups is 1. The number of carbonyl (C=O) groups is 5. The highest BCUT2D eigenvalue weighted by atomic mass is 16.5. The standard InChI is InChI=1S/C19H21N3O6/c1-10(15(23)21-19(20)27)28-18(26)11-7-8-13-14(9-11)17(25)22(16(13)24)12-5-3-2-4-6-12/h7-10,12H,2-6H2,1H3,(H3,20,21,23,27). The van der Waals surface area contributed by atoms with Gasteiger partial charge in [-0.15, -0.1) is 0 Å². The zero-order valence-electron chi connectivity index (χ0n) is 15.4. The van der Waals surface area contributed by atoms with Crippen molar-refractivity contribution in [1.29, 1.82) is 0 Å². The maximum Gasteiger partial charge on any atom is 0.338 e. The fourth-order valence-corrected chi connectivity index (χ4v) is 3.56. The lowest BCUT2D eigenvalue weighted by Gasteiger charge is -2.29. The van der Waals surface area contributed by atoms with Gasteiger partial charge in [0.2, 0.25) is 0 Å². The molecule has 1 aliphatic heterocycles. The van der Waals surface area contributed by atoms with Gasteiger partial charge in [-0.25, -0.2) is 9.59 Å². The second-order valence-electron chi connectivity index (χ2n) is 6.93. The predicted molar refractivity (Wildman–Crippen MR) is 96.4 cm³/mol. The molecule has 2 aliphatic rings. The van der Waals surface area contributed by atoms with Gasteiger partial charge in [-0.2, -0.15) is 0 Å². The van der Waals surface area contributed by atoms with Crippen LogP contribution in [-0.4, -0.2) is 46.8 Å². The highest BCUT2D eigenvalue weighted by molar-refractivity contribution is 6.22. The normalized spacial score (nSPS) is 17.8. The van der Waals surface area contributed by atoms with E-state index in [-0.39, 0.29) is 28.6 Å². The van der Waals surface area contributed by atoms with E-state index in [1.165, 1.54) is 30.0 Å². The Morgan fingerprint density at radius 3 is 2.39 bits per heavy atom. The molecule has 28 heavy (non-hydrogen) atoms. The largest absolute Gasteiger partial charge is 0.449 e. The van der Waals surface area contributed by atoms with Crippen LogP contribution in [-0.2, 0) is 9.53 Å². The van der Waals surface area contributed by atoms with Crippen LogP contribution in [0, 0.1) is 0 Å². The molecule has 1 aromatic rings. The minimum Gasteiger partial charge on any atom is -0.449 e. The van der Waals surface area contributed by atoms with Crippen molar-refractivity contribution in [3.63, 3.8) is 0 Å². The Bertz CT molecular complexity index is 859. The number of nitrogens with one attached hydrogen (secondary N) is 1. The SMILES string of the molecule is CC(OC(=O)c1ccc2c(c1)C(=O)N(C1CCCCC1)C2=O)C(=O)NC(N)=O. The Hall–Kier alpha value is -3.23. The van der Waals surface area contributed by atoms with Gasteiger partial charge in [0.15, 0.2) is 6.10 Å². The van der Waals surface area contributed by atoms with Crippen molar-refractivity contribution in [1.82, 2.24) is 10.2 Å². The second kappa shape index (κ2) is 7.79. The third-order valence-corrected chi connectivity index (χ3v) is 4.99. The first-order valence-electron chi connectivity index (χ1n) is 9.13. The van der Waals surface area contributed by atoms with Gasteiger partial charge in [0.05, 0.1) is 16.7 Å². The Labute approximate surface area is 161 Å². The Balaban J connectivity index is 1.76. The summed E-state index contributed by atoms with van der Waals surface area (Å²) in [6.45, 7) is 1.28. The Morgan fingerprint density at radius 2 is 1.75 bits per heavy atom. The van der Waals surface area contributed by atoms with Crippen LogP contribution in [0.2, 0.25) is 0 Å². The van der Waals surface area contributed by atoms with E-state index in [4.69, 9.17) is 10.5 Å². The van der Waals surface area contributed by atoms with Crippen molar-refractivity contribution in [2.75, 3.05) is 0 Å². The minimum atomic E-state index is -1.26. The molecule has 0 radical (unpaired) electrons. The number of hydrogen-bond acceptors (Lipinski definition) is 6. The number of nitrogens with two attached hydrogens (primary N) is 1. The number of esters is 1. The molecule has 0 saturated heterocycles. The quantitative estimate of drug-likeness (QED) is 0.591. The number of benzene rings is 1. The molecule has 0 aromatic heterocycles. The minimum absolute atomic E-state index is 0.0316. The third-order valence-electron chi connectivity index (χ3n) is 4.99. The highest BCUT2D eigenvalue weighted by Gasteiger charge is 2.40. The first-order chi connectivity index (χ1) is 13.3. The topological polar surface area (TPSA) is 136 Å². The first kappa shape index (κ1) is 19.5. The van der Waals surface area contributed by atoms with Crippen molar-refractivity contribution in [3.8, 4) is 0 Å². The van der Waals surface area contributed by atoms with Crippen LogP contribution in [0.3, 0.4) is 0 Å². The lowest BCUT2D eigenvalue weighted by Crippen LogP contribution is -2.42. The number of hydrogen-bond donors (Lipinski definition) is 2. The van der Waals surface area contributed by atoms with Gasteiger partial charge in [-0.3, -0.25) is 24.6 Å². The van der Waals surface area contributed by atoms with Crippen LogP contribution in [0.1, 0.15) is 70.1 Å². The van der Waals surface area contributed by atoms with Crippen molar-refractivity contribution in [3.05, 3.63) is 34.9 Å². The van der Waals surface area contributed by atoms with Crippen LogP contribution in [0.4, 0.5) is 4.79 Å². The van der Waals surface area contributed by atoms with Crippen LogP contribution < -0.4 is 11.1 Å². The van der Waals surface area contributed by atoms with Crippen molar-refractivity contribution >= 4 is 29.7 Å². The second-order valence-corrected chi connectivity index (χ2v) is 6.93. The Morgan fingerprint density at radius 1 is 1.11 bits per heavy atom. The number of amides is 5. The summed E-state index contributed by atoms with van der Waals surface area (Å²) in [5.74, 6) is -2.48. The summed E-state index contributed by atoms with van der Waals surface area (Å²) in [6.07, 6.45) is 3.35. The Kier molecular flexibility index (Phi) is 5.43. The molecule has 1 unspecified atom stereocenters. The van der Waals surface area contributed by atoms with Gasteiger partial charge in [0, 0.05) is 6.04 Å². The summed E-state index contributed by atoms with van der Waals surface area (Å²) in [4.78, 5) is 61.3. The van der Waals surface area contributed by atoms with E-state index in [0.29, 0.717) is 0 Å². The van der Waals surface area contributed by atoms with Crippen LogP contribution >= 0.6 is 0 Å². The molecule has 0 bridgehead atoms. The molecule has 9 nitrogen and oxygen atoms in total. The molecule has 1 heterocycles. The molecule has 148 valence electrons. The van der Waals surface area contributed by atoms with E-state index >= 15 is 0 Å². The zero-order chi connectivity index (χ0) is 20.4. The maximum absolute atomic E-state index is 12.8. The number of primary amides is 1. The van der Waals surface area contributed by atoms with Gasteiger partial charge in [0.1, 0.15) is 0 Å². The monoisotopic (exact) mass is 387 g/mol. The lowest BCUT2D eigenvalue weighted by atomic mass is 9.94. The maximum atomic E-state index is 12.8. The number of imide groups is 2. The number of fused-ring (bicyclic) bond motifs is 1. The summed E-state index contributed by atoms with van der Waals surface area (Å²) in [7, 11) is 0. The molecule has 5 amide bonds. The highest BCUT2D eigenvalue weighted by Crippen LogP contribution is 2.31. The molecule has 1 atom stereocenters. The molecule has 1 fully saturated rings. The predicted octanol–water partition coefficient (Wildman–Crippen LogP) is 1.36. The number of rotatable bonds is 4. The number of carbonyl (C=O) groups excluding carboxylic acids is 5. The first-order valence-corrected chi connectivity index (χ1v) is 9.13. The van der Waals surface area contributed by atoms with E-state index in [9.17, 15) is 24.0 Å². The summed E-state index contributed by atoms with van der Waals surface area (Å²) in [6, 6.07) is 2.92. The average Bonchev–Trinajstić information content (AvgIpc) is 2.92. The van der Waals surface area contributed by atoms with Gasteiger partial charge in [-0.05, 0) is 38.0 Å². The van der Waals surface area contributed by atoms with Gasteiger partial charge in [0.25, 0.3) is 17.7 Å². The van der Waals surface area contributed by atoms with Gasteiger partial charge >= 0.3 is 12.0 Å². The van der Waals surface area contributed by atoms with Crippen LogP contribution in [0.15, 0.2) is 18.2 Å². The third kappa shape index (κ3) is 3.73. The van der Waals surface area contributed by atoms with E-state index in [1.807, 2.05) is 5.32 Å². The molecule has 3 N–H and O–H groups in total. The number of nitrogens with zero attached hydrogens (tertiary/aromatic N) is 1. The molecular weight excluding hydrogens is 366 g/mol. The lowest BCUT2D eigenvalue weighted by molar-refractivity contribution is -0.127. The van der Waals surface area contributed by atoms with Crippen molar-refractivity contribution in [2.45, 2.75) is 51.2 Å². The van der Waals surface area contributed by atoms with Crippen molar-refractivity contribution in [2.24, 2.45) is 5.73 Å². The molecule has 1 aliphatic carbocycles. The molecule has 3 rings (SSSR count). The molecule has 9 heteroatoms. The van der Waals surface area contributed by atoms with Gasteiger partial charge < -0.3 is 10.5 Å². The molecular formula is C19H21N3O6. The van der Waals surface area contributed by atoms with E-state index in [2.05, 4.69) is 0 Å². The average molecular weight is 387 g/mol. The van der Waals surface area contributed by atoms with Crippen LogP contribution in [0.5, 0.6) is 0 Å². The van der Waals surface area contributed by atoms with E-state index < -0.39 is 29.9 Å². The zero-order valence-corrected chi connectivity index (χ0v) is 15.4. The fourth-order valence-electron chi connectivity index (χ4n) is 3.56. The molecule has 1 aromatic carbocycles. The summed E-state index contributed by atoms with van der Waals surface area (Å²) < 4.78 is 5.00. The molecule has 1 saturated carbocycles. The summed E-state index contributed by atoms with van der Waals surface area (Å²) in [5, 5.41) is 1.81. The fraction of sp³-hybridized carbons (Fsp3) is 0.421. The van der Waals surface area contributed by atoms with Crippen molar-refractivity contribution < 1.29 is 28.7 Å². The number of ether oxygens (including phenoxy) is 1. The summed E-state index contributed by atoms with van der Waals surface area (Å²) >= 11 is 0. The van der Waals surface area contributed by atoms with Crippen LogP contribution in [0.25, 0.3) is 0 Å². The smallest absolute Gasteiger partial charge is 0.338 e. The van der Waals surface area contributed by atoms with E-state index in [1.54, 1.807) is 0 Å². The summed E-state index contributed by atoms with van der Waals surface area (Å²) in [5.41, 5.74) is 5.29. The van der Waals surface area contributed by atoms with E-state index in [0.717, 1.165) is 32.1 Å². The van der Waals surface area contributed by atoms with Gasteiger partial charge in [-0.1, -0.05) is 19.3 Å².